The van der Waals surface area contributed by atoms with Crippen LogP contribution in [-0.2, 0) is 7.05 Å². The highest BCUT2D eigenvalue weighted by molar-refractivity contribution is 5.31. The Kier molecular flexibility index (Phi) is 3.99. The fraction of sp³-hybridized carbons (Fsp3) is 0.357. The number of hydrogen-bond acceptors (Lipinski definition) is 3. The SMILES string of the molecule is CCCOc1ccc(C(O)c2cncn2C)cc1. The van der Waals surface area contributed by atoms with Crippen LogP contribution >= 0.6 is 0 Å². The van der Waals surface area contributed by atoms with Gasteiger partial charge in [0, 0.05) is 7.05 Å². The minimum atomic E-state index is -0.655. The summed E-state index contributed by atoms with van der Waals surface area (Å²) in [5.41, 5.74) is 1.61. The highest BCUT2D eigenvalue weighted by Gasteiger charge is 2.13. The number of nitrogens with zero attached hydrogens (tertiary/aromatic N) is 2. The lowest BCUT2D eigenvalue weighted by Gasteiger charge is -2.12. The van der Waals surface area contributed by atoms with E-state index in [0.29, 0.717) is 6.61 Å². The molecule has 0 saturated carbocycles. The monoisotopic (exact) mass is 246 g/mol. The summed E-state index contributed by atoms with van der Waals surface area (Å²) < 4.78 is 7.32. The van der Waals surface area contributed by atoms with Crippen LogP contribution in [0.2, 0.25) is 0 Å². The first kappa shape index (κ1) is 12.6. The molecule has 96 valence electrons. The maximum atomic E-state index is 10.2. The normalized spacial score (nSPS) is 12.4. The Labute approximate surface area is 107 Å². The second-order valence-corrected chi connectivity index (χ2v) is 4.25. The van der Waals surface area contributed by atoms with Gasteiger partial charge in [0.2, 0.25) is 0 Å². The number of aliphatic hydroxyl groups excluding tert-OH is 1. The fourth-order valence-corrected chi connectivity index (χ4v) is 1.77. The fourth-order valence-electron chi connectivity index (χ4n) is 1.77. The Bertz CT molecular complexity index is 491. The van der Waals surface area contributed by atoms with Crippen LogP contribution in [0.15, 0.2) is 36.8 Å². The second kappa shape index (κ2) is 5.69. The molecule has 1 N–H and O–H groups in total. The topological polar surface area (TPSA) is 47.3 Å². The summed E-state index contributed by atoms with van der Waals surface area (Å²) >= 11 is 0. The molecule has 0 aliphatic rings. The van der Waals surface area contributed by atoms with Crippen LogP contribution in [-0.4, -0.2) is 21.3 Å². The van der Waals surface area contributed by atoms with Gasteiger partial charge in [-0.25, -0.2) is 4.98 Å². The molecule has 1 unspecified atom stereocenters. The van der Waals surface area contributed by atoms with Crippen molar-refractivity contribution < 1.29 is 9.84 Å². The molecule has 1 aromatic carbocycles. The molecule has 2 rings (SSSR count). The highest BCUT2D eigenvalue weighted by atomic mass is 16.5. The third kappa shape index (κ3) is 2.71. The number of aryl methyl sites for hydroxylation is 1. The van der Waals surface area contributed by atoms with Gasteiger partial charge in [0.1, 0.15) is 11.9 Å². The van der Waals surface area contributed by atoms with E-state index in [2.05, 4.69) is 11.9 Å². The first-order chi connectivity index (χ1) is 8.72. The van der Waals surface area contributed by atoms with E-state index >= 15 is 0 Å². The summed E-state index contributed by atoms with van der Waals surface area (Å²) in [4.78, 5) is 4.00. The Balaban J connectivity index is 2.12. The van der Waals surface area contributed by atoms with Crippen LogP contribution in [0.4, 0.5) is 0 Å². The van der Waals surface area contributed by atoms with E-state index in [1.165, 1.54) is 0 Å². The molecular weight excluding hydrogens is 228 g/mol. The van der Waals surface area contributed by atoms with E-state index in [-0.39, 0.29) is 0 Å². The molecule has 1 heterocycles. The zero-order valence-corrected chi connectivity index (χ0v) is 10.7. The van der Waals surface area contributed by atoms with E-state index in [9.17, 15) is 5.11 Å². The maximum Gasteiger partial charge on any atom is 0.121 e. The second-order valence-electron chi connectivity index (χ2n) is 4.25. The Morgan fingerprint density at radius 1 is 1.33 bits per heavy atom. The van der Waals surface area contributed by atoms with E-state index in [1.807, 2.05) is 35.9 Å². The predicted octanol–water partition coefficient (Wildman–Crippen LogP) is 2.29. The molecule has 0 aliphatic carbocycles. The van der Waals surface area contributed by atoms with Crippen molar-refractivity contribution in [3.63, 3.8) is 0 Å². The van der Waals surface area contributed by atoms with Gasteiger partial charge in [-0.3, -0.25) is 0 Å². The summed E-state index contributed by atoms with van der Waals surface area (Å²) in [5, 5.41) is 10.2. The third-order valence-electron chi connectivity index (χ3n) is 2.80. The van der Waals surface area contributed by atoms with E-state index in [1.54, 1.807) is 12.5 Å². The molecule has 1 atom stereocenters. The molecule has 1 aromatic heterocycles. The Morgan fingerprint density at radius 3 is 2.61 bits per heavy atom. The summed E-state index contributed by atoms with van der Waals surface area (Å²) in [6, 6.07) is 7.51. The standard InChI is InChI=1S/C14H18N2O2/c1-3-8-18-12-6-4-11(5-7-12)14(17)13-9-15-10-16(13)2/h4-7,9-10,14,17H,3,8H2,1-2H3. The lowest BCUT2D eigenvalue weighted by molar-refractivity contribution is 0.211. The van der Waals surface area contributed by atoms with Gasteiger partial charge >= 0.3 is 0 Å². The largest absolute Gasteiger partial charge is 0.494 e. The number of rotatable bonds is 5. The molecule has 2 aromatic rings. The van der Waals surface area contributed by atoms with Crippen molar-refractivity contribution in [2.24, 2.45) is 7.05 Å². The quantitative estimate of drug-likeness (QED) is 0.880. The van der Waals surface area contributed by atoms with Crippen molar-refractivity contribution in [3.8, 4) is 5.75 Å². The molecule has 4 nitrogen and oxygen atoms in total. The van der Waals surface area contributed by atoms with Crippen molar-refractivity contribution in [2.45, 2.75) is 19.4 Å². The Morgan fingerprint density at radius 2 is 2.06 bits per heavy atom. The zero-order valence-electron chi connectivity index (χ0n) is 10.7. The number of aromatic nitrogens is 2. The van der Waals surface area contributed by atoms with Gasteiger partial charge in [-0.15, -0.1) is 0 Å². The van der Waals surface area contributed by atoms with Gasteiger partial charge in [0.05, 0.1) is 24.8 Å². The molecule has 0 bridgehead atoms. The number of hydrogen-bond donors (Lipinski definition) is 1. The first-order valence-corrected chi connectivity index (χ1v) is 6.09. The number of benzene rings is 1. The molecule has 18 heavy (non-hydrogen) atoms. The zero-order chi connectivity index (χ0) is 13.0. The van der Waals surface area contributed by atoms with Crippen LogP contribution in [0.3, 0.4) is 0 Å². The molecule has 0 saturated heterocycles. The summed E-state index contributed by atoms with van der Waals surface area (Å²) in [7, 11) is 1.87. The average Bonchev–Trinajstić information content (AvgIpc) is 2.82. The maximum absolute atomic E-state index is 10.2. The van der Waals surface area contributed by atoms with Crippen LogP contribution in [0.25, 0.3) is 0 Å². The highest BCUT2D eigenvalue weighted by Crippen LogP contribution is 2.23. The van der Waals surface area contributed by atoms with Gasteiger partial charge in [0.25, 0.3) is 0 Å². The lowest BCUT2D eigenvalue weighted by atomic mass is 10.1. The van der Waals surface area contributed by atoms with Crippen molar-refractivity contribution in [2.75, 3.05) is 6.61 Å². The smallest absolute Gasteiger partial charge is 0.121 e. The van der Waals surface area contributed by atoms with Crippen LogP contribution in [0, 0.1) is 0 Å². The van der Waals surface area contributed by atoms with E-state index < -0.39 is 6.10 Å². The molecule has 4 heteroatoms. The van der Waals surface area contributed by atoms with Crippen molar-refractivity contribution in [1.29, 1.82) is 0 Å². The molecule has 0 amide bonds. The predicted molar refractivity (Wildman–Crippen MR) is 69.5 cm³/mol. The third-order valence-corrected chi connectivity index (χ3v) is 2.80. The van der Waals surface area contributed by atoms with E-state index in [4.69, 9.17) is 4.74 Å². The molecule has 0 aliphatic heterocycles. The lowest BCUT2D eigenvalue weighted by Crippen LogP contribution is -2.05. The molecule has 0 spiro atoms. The molecular formula is C14H18N2O2. The molecule has 0 radical (unpaired) electrons. The van der Waals surface area contributed by atoms with Crippen molar-refractivity contribution in [3.05, 3.63) is 48.0 Å². The van der Waals surface area contributed by atoms with Crippen LogP contribution in [0.1, 0.15) is 30.7 Å². The Hall–Kier alpha value is -1.81. The van der Waals surface area contributed by atoms with Gasteiger partial charge in [-0.05, 0) is 24.1 Å². The summed E-state index contributed by atoms with van der Waals surface area (Å²) in [6.45, 7) is 2.78. The van der Waals surface area contributed by atoms with Crippen LogP contribution < -0.4 is 4.74 Å². The number of imidazole rings is 1. The van der Waals surface area contributed by atoms with Crippen molar-refractivity contribution >= 4 is 0 Å². The first-order valence-electron chi connectivity index (χ1n) is 6.09. The van der Waals surface area contributed by atoms with Gasteiger partial charge in [0.15, 0.2) is 0 Å². The minimum Gasteiger partial charge on any atom is -0.494 e. The van der Waals surface area contributed by atoms with Gasteiger partial charge < -0.3 is 14.4 Å². The van der Waals surface area contributed by atoms with Crippen molar-refractivity contribution in [1.82, 2.24) is 9.55 Å². The number of ether oxygens (including phenoxy) is 1. The van der Waals surface area contributed by atoms with E-state index in [0.717, 1.165) is 23.4 Å². The summed E-state index contributed by atoms with van der Waals surface area (Å²) in [5.74, 6) is 0.831. The minimum absolute atomic E-state index is 0.655. The van der Waals surface area contributed by atoms with Gasteiger partial charge in [-0.2, -0.15) is 0 Å². The van der Waals surface area contributed by atoms with Crippen LogP contribution in [0.5, 0.6) is 5.75 Å². The average molecular weight is 246 g/mol. The summed E-state index contributed by atoms with van der Waals surface area (Å²) in [6.07, 6.45) is 3.68. The van der Waals surface area contributed by atoms with Gasteiger partial charge in [-0.1, -0.05) is 19.1 Å². The number of aliphatic hydroxyl groups is 1. The molecule has 0 fully saturated rings.